The van der Waals surface area contributed by atoms with Gasteiger partial charge in [-0.3, -0.25) is 0 Å². The van der Waals surface area contributed by atoms with E-state index in [2.05, 4.69) is 16.7 Å². The van der Waals surface area contributed by atoms with Crippen molar-refractivity contribution < 1.29 is 19.0 Å². The number of urea groups is 1. The number of hydrogen-bond donors (Lipinski definition) is 2. The van der Waals surface area contributed by atoms with Crippen LogP contribution in [0.15, 0.2) is 54.6 Å². The van der Waals surface area contributed by atoms with Crippen molar-refractivity contribution in [2.24, 2.45) is 0 Å². The van der Waals surface area contributed by atoms with Gasteiger partial charge < -0.3 is 24.8 Å². The second-order valence-corrected chi connectivity index (χ2v) is 6.70. The monoisotopic (exact) mass is 394 g/mol. The van der Waals surface area contributed by atoms with Gasteiger partial charge >= 0.3 is 6.03 Å². The van der Waals surface area contributed by atoms with Crippen molar-refractivity contribution in [2.45, 2.75) is 19.5 Å². The Kier molecular flexibility index (Phi) is 6.44. The molecule has 0 aliphatic heterocycles. The van der Waals surface area contributed by atoms with Crippen molar-refractivity contribution in [3.63, 3.8) is 0 Å². The molecule has 0 aliphatic rings. The van der Waals surface area contributed by atoms with Gasteiger partial charge in [0.2, 0.25) is 0 Å². The molecule has 0 heterocycles. The van der Waals surface area contributed by atoms with Gasteiger partial charge in [-0.15, -0.1) is 0 Å². The summed E-state index contributed by atoms with van der Waals surface area (Å²) in [6, 6.07) is 17.0. The molecule has 0 aliphatic carbocycles. The standard InChI is InChI=1S/C23H26N2O4/c1-15(21-13-20(28-3)9-10-22(21)29-4)25-23(26)24-14-16-5-6-18-12-19(27-2)8-7-17(18)11-16/h5-13,15H,14H2,1-4H3,(H2,24,25,26). The van der Waals surface area contributed by atoms with Gasteiger partial charge in [0.15, 0.2) is 0 Å². The minimum atomic E-state index is -0.253. The van der Waals surface area contributed by atoms with Gasteiger partial charge in [0, 0.05) is 12.1 Å². The van der Waals surface area contributed by atoms with Crippen molar-refractivity contribution in [2.75, 3.05) is 21.3 Å². The molecule has 152 valence electrons. The lowest BCUT2D eigenvalue weighted by atomic mass is 10.1. The number of carbonyl (C=O) groups is 1. The number of rotatable bonds is 7. The van der Waals surface area contributed by atoms with Crippen LogP contribution in [0.2, 0.25) is 0 Å². The first-order valence-corrected chi connectivity index (χ1v) is 9.37. The van der Waals surface area contributed by atoms with Gasteiger partial charge in [-0.1, -0.05) is 18.2 Å². The van der Waals surface area contributed by atoms with E-state index < -0.39 is 0 Å². The largest absolute Gasteiger partial charge is 0.497 e. The molecule has 3 rings (SSSR count). The van der Waals surface area contributed by atoms with Gasteiger partial charge in [-0.25, -0.2) is 4.79 Å². The molecular formula is C23H26N2O4. The maximum atomic E-state index is 12.4. The molecule has 1 unspecified atom stereocenters. The van der Waals surface area contributed by atoms with Crippen molar-refractivity contribution in [3.05, 3.63) is 65.7 Å². The molecule has 0 saturated heterocycles. The number of methoxy groups -OCH3 is 3. The fourth-order valence-corrected chi connectivity index (χ4v) is 3.20. The highest BCUT2D eigenvalue weighted by Crippen LogP contribution is 2.29. The molecule has 3 aromatic carbocycles. The summed E-state index contributed by atoms with van der Waals surface area (Å²) in [4.78, 5) is 12.4. The average molecular weight is 394 g/mol. The van der Waals surface area contributed by atoms with Crippen LogP contribution in [0.1, 0.15) is 24.1 Å². The van der Waals surface area contributed by atoms with E-state index in [9.17, 15) is 4.79 Å². The molecular weight excluding hydrogens is 368 g/mol. The Hall–Kier alpha value is -3.41. The first-order valence-electron chi connectivity index (χ1n) is 9.37. The molecule has 0 bridgehead atoms. The van der Waals surface area contributed by atoms with Crippen LogP contribution in [-0.2, 0) is 6.54 Å². The zero-order valence-corrected chi connectivity index (χ0v) is 17.1. The zero-order chi connectivity index (χ0) is 20.8. The summed E-state index contributed by atoms with van der Waals surface area (Å²) in [6.45, 7) is 2.33. The number of nitrogens with one attached hydrogen (secondary N) is 2. The lowest BCUT2D eigenvalue weighted by molar-refractivity contribution is 0.237. The zero-order valence-electron chi connectivity index (χ0n) is 17.1. The summed E-state index contributed by atoms with van der Waals surface area (Å²) in [5.41, 5.74) is 1.87. The van der Waals surface area contributed by atoms with E-state index in [-0.39, 0.29) is 12.1 Å². The summed E-state index contributed by atoms with van der Waals surface area (Å²) in [6.07, 6.45) is 0. The predicted octanol–water partition coefficient (Wildman–Crippen LogP) is 4.43. The third-order valence-corrected chi connectivity index (χ3v) is 4.82. The van der Waals surface area contributed by atoms with E-state index in [1.807, 2.05) is 55.5 Å². The molecule has 0 fully saturated rings. The lowest BCUT2D eigenvalue weighted by Gasteiger charge is -2.18. The molecule has 3 aromatic rings. The molecule has 29 heavy (non-hydrogen) atoms. The van der Waals surface area contributed by atoms with Crippen molar-refractivity contribution in [1.29, 1.82) is 0 Å². The van der Waals surface area contributed by atoms with Crippen LogP contribution in [0.5, 0.6) is 17.2 Å². The van der Waals surface area contributed by atoms with Gasteiger partial charge in [0.25, 0.3) is 0 Å². The van der Waals surface area contributed by atoms with E-state index in [1.165, 1.54) is 0 Å². The summed E-state index contributed by atoms with van der Waals surface area (Å²) in [5, 5.41) is 8.04. The summed E-state index contributed by atoms with van der Waals surface area (Å²) in [5.74, 6) is 2.23. The average Bonchev–Trinajstić information content (AvgIpc) is 2.76. The summed E-state index contributed by atoms with van der Waals surface area (Å²) >= 11 is 0. The number of ether oxygens (including phenoxy) is 3. The minimum absolute atomic E-state index is 0.246. The third-order valence-electron chi connectivity index (χ3n) is 4.82. The number of fused-ring (bicyclic) bond motifs is 1. The topological polar surface area (TPSA) is 68.8 Å². The lowest BCUT2D eigenvalue weighted by Crippen LogP contribution is -2.36. The predicted molar refractivity (Wildman–Crippen MR) is 114 cm³/mol. The van der Waals surface area contributed by atoms with Gasteiger partial charge in [0.05, 0.1) is 27.4 Å². The number of benzene rings is 3. The Bertz CT molecular complexity index is 1000. The number of hydrogen-bond acceptors (Lipinski definition) is 4. The molecule has 6 heteroatoms. The Morgan fingerprint density at radius 2 is 1.52 bits per heavy atom. The Balaban J connectivity index is 1.63. The van der Waals surface area contributed by atoms with Crippen molar-refractivity contribution in [1.82, 2.24) is 10.6 Å². The molecule has 2 N–H and O–H groups in total. The second kappa shape index (κ2) is 9.19. The maximum absolute atomic E-state index is 12.4. The van der Waals surface area contributed by atoms with Crippen LogP contribution < -0.4 is 24.8 Å². The first kappa shape index (κ1) is 20.3. The fraction of sp³-hybridized carbons (Fsp3) is 0.261. The highest BCUT2D eigenvalue weighted by atomic mass is 16.5. The second-order valence-electron chi connectivity index (χ2n) is 6.70. The Morgan fingerprint density at radius 1 is 0.862 bits per heavy atom. The van der Waals surface area contributed by atoms with E-state index >= 15 is 0 Å². The quantitative estimate of drug-likeness (QED) is 0.622. The molecule has 6 nitrogen and oxygen atoms in total. The minimum Gasteiger partial charge on any atom is -0.497 e. The molecule has 2 amide bonds. The van der Waals surface area contributed by atoms with E-state index in [0.29, 0.717) is 18.0 Å². The molecule has 0 radical (unpaired) electrons. The first-order chi connectivity index (χ1) is 14.0. The number of amides is 2. The van der Waals surface area contributed by atoms with E-state index in [1.54, 1.807) is 21.3 Å². The van der Waals surface area contributed by atoms with Crippen LogP contribution >= 0.6 is 0 Å². The van der Waals surface area contributed by atoms with Gasteiger partial charge in [-0.05, 0) is 59.7 Å². The highest BCUT2D eigenvalue weighted by Gasteiger charge is 2.15. The van der Waals surface area contributed by atoms with Crippen LogP contribution in [0.4, 0.5) is 4.79 Å². The Labute approximate surface area is 170 Å². The molecule has 1 atom stereocenters. The molecule has 0 saturated carbocycles. The van der Waals surface area contributed by atoms with Crippen LogP contribution in [-0.4, -0.2) is 27.4 Å². The SMILES string of the molecule is COc1ccc(OC)c(C(C)NC(=O)NCc2ccc3cc(OC)ccc3c2)c1. The molecule has 0 spiro atoms. The third kappa shape index (κ3) is 4.90. The molecule has 0 aromatic heterocycles. The van der Waals surface area contributed by atoms with Crippen molar-refractivity contribution in [3.8, 4) is 17.2 Å². The van der Waals surface area contributed by atoms with Crippen LogP contribution in [0, 0.1) is 0 Å². The number of carbonyl (C=O) groups excluding carboxylic acids is 1. The normalized spacial score (nSPS) is 11.6. The van der Waals surface area contributed by atoms with Gasteiger partial charge in [-0.2, -0.15) is 0 Å². The van der Waals surface area contributed by atoms with Crippen LogP contribution in [0.25, 0.3) is 10.8 Å². The van der Waals surface area contributed by atoms with Crippen molar-refractivity contribution >= 4 is 16.8 Å². The fourth-order valence-electron chi connectivity index (χ4n) is 3.20. The summed E-state index contributed by atoms with van der Waals surface area (Å²) in [7, 11) is 4.86. The van der Waals surface area contributed by atoms with Gasteiger partial charge in [0.1, 0.15) is 17.2 Å². The highest BCUT2D eigenvalue weighted by molar-refractivity contribution is 5.84. The van der Waals surface area contributed by atoms with Crippen LogP contribution in [0.3, 0.4) is 0 Å². The van der Waals surface area contributed by atoms with E-state index in [0.717, 1.165) is 27.6 Å². The maximum Gasteiger partial charge on any atom is 0.315 e. The Morgan fingerprint density at radius 3 is 2.24 bits per heavy atom. The smallest absolute Gasteiger partial charge is 0.315 e. The van der Waals surface area contributed by atoms with E-state index in [4.69, 9.17) is 14.2 Å². The summed E-state index contributed by atoms with van der Waals surface area (Å²) < 4.78 is 15.9.